The van der Waals surface area contributed by atoms with Crippen molar-refractivity contribution in [3.05, 3.63) is 69.5 Å². The van der Waals surface area contributed by atoms with Crippen molar-refractivity contribution in [2.45, 2.75) is 39.1 Å². The summed E-state index contributed by atoms with van der Waals surface area (Å²) >= 11 is 13.3. The summed E-state index contributed by atoms with van der Waals surface area (Å²) in [5, 5.41) is 3.81. The molecule has 0 aliphatic carbocycles. The van der Waals surface area contributed by atoms with Gasteiger partial charge >= 0.3 is 0 Å². The van der Waals surface area contributed by atoms with Gasteiger partial charge in [0.05, 0.1) is 5.75 Å². The molecular weight excluding hydrogens is 458 g/mol. The van der Waals surface area contributed by atoms with Crippen LogP contribution in [0.2, 0.25) is 10.0 Å². The second kappa shape index (κ2) is 12.3. The van der Waals surface area contributed by atoms with Crippen molar-refractivity contribution in [2.75, 3.05) is 12.3 Å². The van der Waals surface area contributed by atoms with E-state index in [9.17, 15) is 14.0 Å². The van der Waals surface area contributed by atoms with Gasteiger partial charge in [0, 0.05) is 34.5 Å². The zero-order valence-corrected chi connectivity index (χ0v) is 20.2. The topological polar surface area (TPSA) is 49.4 Å². The normalized spacial score (nSPS) is 12.0. The predicted molar refractivity (Wildman–Crippen MR) is 127 cm³/mol. The lowest BCUT2D eigenvalue weighted by atomic mass is 10.1. The maximum Gasteiger partial charge on any atom is 0.242 e. The van der Waals surface area contributed by atoms with Crippen molar-refractivity contribution in [2.24, 2.45) is 5.92 Å². The maximum atomic E-state index is 14.0. The summed E-state index contributed by atoms with van der Waals surface area (Å²) in [4.78, 5) is 27.2. The standard InChI is InChI=1S/C23H27Cl2FN2O2S/c1-15(2)11-27-23(30)16(3)28(12-17-7-9-18(24)10-8-17)22(29)14-31-13-19-20(25)5-4-6-21(19)26/h4-10,15-16H,11-14H2,1-3H3,(H,27,30)/t16-/m1/s1. The fourth-order valence-corrected chi connectivity index (χ4v) is 4.19. The van der Waals surface area contributed by atoms with E-state index in [1.54, 1.807) is 31.2 Å². The maximum absolute atomic E-state index is 14.0. The Morgan fingerprint density at radius 1 is 1.10 bits per heavy atom. The lowest BCUT2D eigenvalue weighted by molar-refractivity contribution is -0.138. The van der Waals surface area contributed by atoms with Crippen LogP contribution >= 0.6 is 35.0 Å². The van der Waals surface area contributed by atoms with Crippen LogP contribution < -0.4 is 5.32 Å². The Hall–Kier alpha value is -1.76. The van der Waals surface area contributed by atoms with Crippen LogP contribution in [0.1, 0.15) is 31.9 Å². The molecule has 0 fully saturated rings. The molecule has 2 amide bonds. The van der Waals surface area contributed by atoms with Crippen LogP contribution in [-0.4, -0.2) is 35.1 Å². The molecular formula is C23H27Cl2FN2O2S. The minimum atomic E-state index is -0.653. The Kier molecular flexibility index (Phi) is 10.1. The van der Waals surface area contributed by atoms with Crippen LogP contribution in [0.3, 0.4) is 0 Å². The van der Waals surface area contributed by atoms with Crippen molar-refractivity contribution in [1.82, 2.24) is 10.2 Å². The fraction of sp³-hybridized carbons (Fsp3) is 0.391. The molecule has 0 aromatic heterocycles. The quantitative estimate of drug-likeness (QED) is 0.480. The molecule has 0 unspecified atom stereocenters. The van der Waals surface area contributed by atoms with E-state index in [0.29, 0.717) is 28.1 Å². The molecule has 0 radical (unpaired) electrons. The first kappa shape index (κ1) is 25.5. The van der Waals surface area contributed by atoms with Gasteiger partial charge in [0.25, 0.3) is 0 Å². The van der Waals surface area contributed by atoms with Gasteiger partial charge in [0.15, 0.2) is 0 Å². The van der Waals surface area contributed by atoms with E-state index in [2.05, 4.69) is 5.32 Å². The number of halogens is 3. The zero-order valence-electron chi connectivity index (χ0n) is 17.8. The third-order valence-electron chi connectivity index (χ3n) is 4.65. The number of nitrogens with zero attached hydrogens (tertiary/aromatic N) is 1. The van der Waals surface area contributed by atoms with E-state index in [4.69, 9.17) is 23.2 Å². The first-order chi connectivity index (χ1) is 14.7. The number of carbonyl (C=O) groups is 2. The van der Waals surface area contributed by atoms with E-state index in [0.717, 1.165) is 5.56 Å². The van der Waals surface area contributed by atoms with Gasteiger partial charge in [-0.15, -0.1) is 11.8 Å². The van der Waals surface area contributed by atoms with Gasteiger partial charge in [-0.1, -0.05) is 55.2 Å². The average molecular weight is 485 g/mol. The highest BCUT2D eigenvalue weighted by atomic mass is 35.5. The summed E-state index contributed by atoms with van der Waals surface area (Å²) in [5.41, 5.74) is 1.23. The number of hydrogen-bond acceptors (Lipinski definition) is 3. The van der Waals surface area contributed by atoms with Crippen LogP contribution in [0.4, 0.5) is 4.39 Å². The second-order valence-corrected chi connectivity index (χ2v) is 9.49. The molecule has 2 aromatic carbocycles. The minimum absolute atomic E-state index is 0.0973. The van der Waals surface area contributed by atoms with Gasteiger partial charge in [0.1, 0.15) is 11.9 Å². The molecule has 168 valence electrons. The number of benzene rings is 2. The Labute approximate surface area is 197 Å². The highest BCUT2D eigenvalue weighted by Crippen LogP contribution is 2.24. The number of thioether (sulfide) groups is 1. The molecule has 0 heterocycles. The van der Waals surface area contributed by atoms with E-state index < -0.39 is 11.9 Å². The molecule has 0 spiro atoms. The van der Waals surface area contributed by atoms with Crippen molar-refractivity contribution in [3.8, 4) is 0 Å². The summed E-state index contributed by atoms with van der Waals surface area (Å²) in [6.45, 7) is 6.53. The van der Waals surface area contributed by atoms with Crippen molar-refractivity contribution in [1.29, 1.82) is 0 Å². The first-order valence-corrected chi connectivity index (χ1v) is 11.9. The monoisotopic (exact) mass is 484 g/mol. The highest BCUT2D eigenvalue weighted by Gasteiger charge is 2.26. The van der Waals surface area contributed by atoms with Gasteiger partial charge in [-0.25, -0.2) is 4.39 Å². The summed E-state index contributed by atoms with van der Waals surface area (Å²) in [6.07, 6.45) is 0. The van der Waals surface area contributed by atoms with Gasteiger partial charge in [-0.05, 0) is 42.7 Å². The molecule has 1 N–H and O–H groups in total. The number of nitrogens with one attached hydrogen (secondary N) is 1. The van der Waals surface area contributed by atoms with E-state index >= 15 is 0 Å². The van der Waals surface area contributed by atoms with Crippen molar-refractivity contribution < 1.29 is 14.0 Å². The Morgan fingerprint density at radius 2 is 1.77 bits per heavy atom. The van der Waals surface area contributed by atoms with Gasteiger partial charge in [-0.3, -0.25) is 9.59 Å². The Morgan fingerprint density at radius 3 is 2.39 bits per heavy atom. The van der Waals surface area contributed by atoms with Gasteiger partial charge < -0.3 is 10.2 Å². The number of amides is 2. The van der Waals surface area contributed by atoms with Crippen LogP contribution in [-0.2, 0) is 21.9 Å². The SMILES string of the molecule is CC(C)CNC(=O)[C@@H](C)N(Cc1ccc(Cl)cc1)C(=O)CSCc1c(F)cccc1Cl. The van der Waals surface area contributed by atoms with Gasteiger partial charge in [0.2, 0.25) is 11.8 Å². The fourth-order valence-electron chi connectivity index (χ4n) is 2.82. The number of carbonyl (C=O) groups excluding carboxylic acids is 2. The summed E-state index contributed by atoms with van der Waals surface area (Å²) in [7, 11) is 0. The van der Waals surface area contributed by atoms with E-state index in [-0.39, 0.29) is 29.9 Å². The molecule has 8 heteroatoms. The van der Waals surface area contributed by atoms with Crippen LogP contribution in [0.15, 0.2) is 42.5 Å². The molecule has 2 aromatic rings. The van der Waals surface area contributed by atoms with E-state index in [1.165, 1.54) is 22.7 Å². The molecule has 0 aliphatic rings. The molecule has 0 aliphatic heterocycles. The van der Waals surface area contributed by atoms with Crippen molar-refractivity contribution in [3.63, 3.8) is 0 Å². The molecule has 1 atom stereocenters. The predicted octanol–water partition coefficient (Wildman–Crippen LogP) is 5.56. The largest absolute Gasteiger partial charge is 0.354 e. The summed E-state index contributed by atoms with van der Waals surface area (Å²) < 4.78 is 14.0. The molecule has 0 bridgehead atoms. The second-order valence-electron chi connectivity index (χ2n) is 7.66. The van der Waals surface area contributed by atoms with Crippen LogP contribution in [0.5, 0.6) is 0 Å². The minimum Gasteiger partial charge on any atom is -0.354 e. The van der Waals surface area contributed by atoms with Crippen LogP contribution in [0, 0.1) is 11.7 Å². The highest BCUT2D eigenvalue weighted by molar-refractivity contribution is 7.99. The Balaban J connectivity index is 2.09. The zero-order chi connectivity index (χ0) is 23.0. The molecule has 0 saturated heterocycles. The third-order valence-corrected chi connectivity index (χ3v) is 6.20. The lowest BCUT2D eigenvalue weighted by Gasteiger charge is -2.29. The smallest absolute Gasteiger partial charge is 0.242 e. The number of rotatable bonds is 10. The van der Waals surface area contributed by atoms with Gasteiger partial charge in [-0.2, -0.15) is 0 Å². The Bertz CT molecular complexity index is 873. The van der Waals surface area contributed by atoms with Crippen molar-refractivity contribution >= 4 is 46.8 Å². The average Bonchev–Trinajstić information content (AvgIpc) is 2.73. The van der Waals surface area contributed by atoms with Crippen LogP contribution in [0.25, 0.3) is 0 Å². The molecule has 2 rings (SSSR count). The molecule has 4 nitrogen and oxygen atoms in total. The molecule has 31 heavy (non-hydrogen) atoms. The third kappa shape index (κ3) is 8.02. The number of hydrogen-bond donors (Lipinski definition) is 1. The van der Waals surface area contributed by atoms with E-state index in [1.807, 2.05) is 26.0 Å². The first-order valence-electron chi connectivity index (χ1n) is 10.0. The summed E-state index contributed by atoms with van der Waals surface area (Å²) in [5.74, 6) is -0.151. The summed E-state index contributed by atoms with van der Waals surface area (Å²) in [6, 6.07) is 11.0. The lowest BCUT2D eigenvalue weighted by Crippen LogP contribution is -2.48. The molecule has 0 saturated carbocycles.